The molecule has 0 unspecified atom stereocenters. The van der Waals surface area contributed by atoms with E-state index in [0.717, 1.165) is 34.3 Å². The van der Waals surface area contributed by atoms with Crippen LogP contribution in [0.1, 0.15) is 12.0 Å². The number of aliphatic hydroxyl groups is 1. The average molecular weight is 334 g/mol. The summed E-state index contributed by atoms with van der Waals surface area (Å²) in [6, 6.07) is 7.69. The maximum Gasteiger partial charge on any atom is 0.230 e. The van der Waals surface area contributed by atoms with Crippen LogP contribution in [0.25, 0.3) is 0 Å². The number of halogens is 1. The lowest BCUT2D eigenvalue weighted by Crippen LogP contribution is -2.27. The van der Waals surface area contributed by atoms with E-state index in [0.29, 0.717) is 12.3 Å². The van der Waals surface area contributed by atoms with Crippen LogP contribution in [0.2, 0.25) is 5.02 Å². The van der Waals surface area contributed by atoms with Gasteiger partial charge in [0, 0.05) is 29.7 Å². The van der Waals surface area contributed by atoms with Crippen LogP contribution in [-0.2, 0) is 10.5 Å². The quantitative estimate of drug-likeness (QED) is 0.646. The third-order valence-electron chi connectivity index (χ3n) is 2.41. The molecule has 20 heavy (non-hydrogen) atoms. The SMILES string of the molecule is O=C(CSCc1cccc(Cl)c1)NCCSCCCO. The van der Waals surface area contributed by atoms with Crippen molar-refractivity contribution in [1.82, 2.24) is 5.32 Å². The van der Waals surface area contributed by atoms with Gasteiger partial charge >= 0.3 is 0 Å². The van der Waals surface area contributed by atoms with E-state index in [9.17, 15) is 4.79 Å². The third kappa shape index (κ3) is 8.74. The monoisotopic (exact) mass is 333 g/mol. The first-order valence-corrected chi connectivity index (χ1v) is 9.18. The molecule has 0 saturated heterocycles. The van der Waals surface area contributed by atoms with Crippen LogP contribution < -0.4 is 5.32 Å². The Balaban J connectivity index is 2.03. The van der Waals surface area contributed by atoms with Crippen molar-refractivity contribution in [3.8, 4) is 0 Å². The highest BCUT2D eigenvalue weighted by molar-refractivity contribution is 7.99. The Hall–Kier alpha value is -0.360. The molecule has 0 aliphatic rings. The standard InChI is InChI=1S/C14H20ClNO2S2/c15-13-4-1-3-12(9-13)10-20-11-14(18)16-5-8-19-7-2-6-17/h1,3-4,9,17H,2,5-8,10-11H2,(H,16,18). The van der Waals surface area contributed by atoms with Gasteiger partial charge in [0.2, 0.25) is 5.91 Å². The minimum absolute atomic E-state index is 0.0692. The van der Waals surface area contributed by atoms with Crippen molar-refractivity contribution in [3.63, 3.8) is 0 Å². The zero-order valence-corrected chi connectivity index (χ0v) is 13.7. The molecule has 0 aliphatic heterocycles. The lowest BCUT2D eigenvalue weighted by Gasteiger charge is -2.05. The summed E-state index contributed by atoms with van der Waals surface area (Å²) in [7, 11) is 0. The maximum absolute atomic E-state index is 11.6. The molecule has 6 heteroatoms. The van der Waals surface area contributed by atoms with Gasteiger partial charge in [-0.3, -0.25) is 4.79 Å². The first-order valence-electron chi connectivity index (χ1n) is 6.50. The zero-order valence-electron chi connectivity index (χ0n) is 11.3. The Morgan fingerprint density at radius 2 is 2.15 bits per heavy atom. The van der Waals surface area contributed by atoms with Crippen molar-refractivity contribution < 1.29 is 9.90 Å². The molecule has 1 aromatic carbocycles. The van der Waals surface area contributed by atoms with Gasteiger partial charge in [-0.05, 0) is 29.9 Å². The molecular weight excluding hydrogens is 314 g/mol. The molecule has 1 amide bonds. The first kappa shape index (κ1) is 17.7. The number of amides is 1. The van der Waals surface area contributed by atoms with Crippen molar-refractivity contribution >= 4 is 41.0 Å². The maximum atomic E-state index is 11.6. The van der Waals surface area contributed by atoms with Gasteiger partial charge in [-0.15, -0.1) is 11.8 Å². The van der Waals surface area contributed by atoms with E-state index < -0.39 is 0 Å². The molecule has 0 radical (unpaired) electrons. The van der Waals surface area contributed by atoms with E-state index in [1.54, 1.807) is 23.5 Å². The molecule has 112 valence electrons. The summed E-state index contributed by atoms with van der Waals surface area (Å²) in [5.41, 5.74) is 1.13. The molecule has 1 rings (SSSR count). The Kier molecular flexibility index (Phi) is 10.0. The van der Waals surface area contributed by atoms with Gasteiger partial charge < -0.3 is 10.4 Å². The molecular formula is C14H20ClNO2S2. The number of rotatable bonds is 10. The number of thioether (sulfide) groups is 2. The number of aliphatic hydroxyl groups excluding tert-OH is 1. The highest BCUT2D eigenvalue weighted by atomic mass is 35.5. The first-order chi connectivity index (χ1) is 9.72. The molecule has 0 atom stereocenters. The molecule has 3 nitrogen and oxygen atoms in total. The highest BCUT2D eigenvalue weighted by Gasteiger charge is 2.02. The van der Waals surface area contributed by atoms with E-state index in [-0.39, 0.29) is 12.5 Å². The number of carbonyl (C=O) groups is 1. The molecule has 1 aromatic rings. The molecule has 0 spiro atoms. The van der Waals surface area contributed by atoms with E-state index in [4.69, 9.17) is 16.7 Å². The van der Waals surface area contributed by atoms with Gasteiger partial charge in [0.05, 0.1) is 5.75 Å². The smallest absolute Gasteiger partial charge is 0.230 e. The Morgan fingerprint density at radius 1 is 1.30 bits per heavy atom. The summed E-state index contributed by atoms with van der Waals surface area (Å²) in [6.07, 6.45) is 0.814. The highest BCUT2D eigenvalue weighted by Crippen LogP contribution is 2.16. The number of hydrogen-bond acceptors (Lipinski definition) is 4. The molecule has 0 bridgehead atoms. The van der Waals surface area contributed by atoms with Gasteiger partial charge in [0.25, 0.3) is 0 Å². The Morgan fingerprint density at radius 3 is 2.90 bits per heavy atom. The third-order valence-corrected chi connectivity index (χ3v) is 4.72. The summed E-state index contributed by atoms with van der Waals surface area (Å²) in [4.78, 5) is 11.6. The van der Waals surface area contributed by atoms with E-state index in [1.165, 1.54) is 0 Å². The fourth-order valence-electron chi connectivity index (χ4n) is 1.47. The minimum atomic E-state index is 0.0692. The van der Waals surface area contributed by atoms with Crippen LogP contribution in [0.4, 0.5) is 0 Å². The largest absolute Gasteiger partial charge is 0.396 e. The minimum Gasteiger partial charge on any atom is -0.396 e. The summed E-state index contributed by atoms with van der Waals surface area (Å²) < 4.78 is 0. The lowest BCUT2D eigenvalue weighted by atomic mass is 10.2. The van der Waals surface area contributed by atoms with E-state index in [1.807, 2.05) is 24.3 Å². The predicted octanol–water partition coefficient (Wildman–Crippen LogP) is 2.81. The second-order valence-electron chi connectivity index (χ2n) is 4.16. The fraction of sp³-hybridized carbons (Fsp3) is 0.500. The van der Waals surface area contributed by atoms with Crippen molar-refractivity contribution in [1.29, 1.82) is 0 Å². The second kappa shape index (κ2) is 11.3. The summed E-state index contributed by atoms with van der Waals surface area (Å²) in [6.45, 7) is 0.923. The number of carbonyl (C=O) groups excluding carboxylic acids is 1. The number of hydrogen-bond donors (Lipinski definition) is 2. The second-order valence-corrected chi connectivity index (χ2v) is 6.81. The topological polar surface area (TPSA) is 49.3 Å². The van der Waals surface area contributed by atoms with Crippen molar-refractivity contribution in [2.75, 3.05) is 30.4 Å². The molecule has 0 heterocycles. The molecule has 0 saturated carbocycles. The van der Waals surface area contributed by atoms with Crippen LogP contribution in [0.5, 0.6) is 0 Å². The summed E-state index contributed by atoms with van der Waals surface area (Å²) in [5, 5.41) is 12.2. The van der Waals surface area contributed by atoms with Crippen molar-refractivity contribution in [2.45, 2.75) is 12.2 Å². The zero-order chi connectivity index (χ0) is 14.6. The van der Waals surface area contributed by atoms with Gasteiger partial charge in [-0.25, -0.2) is 0 Å². The fourth-order valence-corrected chi connectivity index (χ4v) is 3.27. The molecule has 2 N–H and O–H groups in total. The van der Waals surface area contributed by atoms with Crippen molar-refractivity contribution in [2.24, 2.45) is 0 Å². The Bertz CT molecular complexity index is 405. The number of nitrogens with one attached hydrogen (secondary N) is 1. The van der Waals surface area contributed by atoms with Crippen molar-refractivity contribution in [3.05, 3.63) is 34.9 Å². The summed E-state index contributed by atoms with van der Waals surface area (Å²) >= 11 is 9.23. The summed E-state index contributed by atoms with van der Waals surface area (Å²) in [5.74, 6) is 3.16. The van der Waals surface area contributed by atoms with Crippen LogP contribution >= 0.6 is 35.1 Å². The van der Waals surface area contributed by atoms with Crippen LogP contribution in [0.3, 0.4) is 0 Å². The molecule has 0 aliphatic carbocycles. The van der Waals surface area contributed by atoms with Gasteiger partial charge in [-0.1, -0.05) is 23.7 Å². The Labute approximate surface area is 133 Å². The lowest BCUT2D eigenvalue weighted by molar-refractivity contribution is -0.118. The van der Waals surface area contributed by atoms with E-state index >= 15 is 0 Å². The van der Waals surface area contributed by atoms with E-state index in [2.05, 4.69) is 5.32 Å². The van der Waals surface area contributed by atoms with Gasteiger partial charge in [0.1, 0.15) is 0 Å². The van der Waals surface area contributed by atoms with Gasteiger partial charge in [0.15, 0.2) is 0 Å². The van der Waals surface area contributed by atoms with Crippen LogP contribution in [0.15, 0.2) is 24.3 Å². The van der Waals surface area contributed by atoms with Gasteiger partial charge in [-0.2, -0.15) is 11.8 Å². The predicted molar refractivity (Wildman–Crippen MR) is 89.7 cm³/mol. The normalized spacial score (nSPS) is 10.5. The average Bonchev–Trinajstić information content (AvgIpc) is 2.43. The molecule has 0 aromatic heterocycles. The van der Waals surface area contributed by atoms with Crippen LogP contribution in [0, 0.1) is 0 Å². The number of benzene rings is 1. The van der Waals surface area contributed by atoms with Crippen LogP contribution in [-0.4, -0.2) is 41.4 Å². The molecule has 0 fully saturated rings.